The van der Waals surface area contributed by atoms with Gasteiger partial charge in [-0.2, -0.15) is 5.10 Å². The second-order valence-corrected chi connectivity index (χ2v) is 6.12. The fraction of sp³-hybridized carbons (Fsp3) is 0.167. The van der Waals surface area contributed by atoms with Crippen molar-refractivity contribution < 1.29 is 13.7 Å². The maximum absolute atomic E-state index is 14.3. The monoisotopic (exact) mass is 356 g/mol. The van der Waals surface area contributed by atoms with Crippen LogP contribution in [0.1, 0.15) is 11.1 Å². The smallest absolute Gasteiger partial charge is 0.271 e. The number of aromatic nitrogens is 2. The summed E-state index contributed by atoms with van der Waals surface area (Å²) in [7, 11) is 0. The standard InChI is InChI=1S/C18H14F2N4O2/c1-10-2-4-12(24(25)26)9-16(10)23-18-14(6-7-21-18)17(22-23)13-5-3-11(19)8-15(13)20/h2-5,8-9,21H,6-7H2,1H3. The van der Waals surface area contributed by atoms with E-state index < -0.39 is 16.6 Å². The summed E-state index contributed by atoms with van der Waals surface area (Å²) in [5.41, 5.74) is 2.70. The lowest BCUT2D eigenvalue weighted by molar-refractivity contribution is -0.384. The highest BCUT2D eigenvalue weighted by molar-refractivity contribution is 5.73. The van der Waals surface area contributed by atoms with Crippen LogP contribution >= 0.6 is 0 Å². The molecule has 1 aliphatic rings. The van der Waals surface area contributed by atoms with E-state index in [9.17, 15) is 18.9 Å². The van der Waals surface area contributed by atoms with Gasteiger partial charge in [0.05, 0.1) is 10.6 Å². The maximum Gasteiger partial charge on any atom is 0.271 e. The topological polar surface area (TPSA) is 73.0 Å². The zero-order valence-corrected chi connectivity index (χ0v) is 13.8. The molecule has 2 aromatic carbocycles. The van der Waals surface area contributed by atoms with Crippen LogP contribution in [0.4, 0.5) is 20.3 Å². The van der Waals surface area contributed by atoms with Crippen molar-refractivity contribution in [3.8, 4) is 16.9 Å². The molecule has 26 heavy (non-hydrogen) atoms. The Morgan fingerprint density at radius 1 is 1.23 bits per heavy atom. The van der Waals surface area contributed by atoms with E-state index in [1.165, 1.54) is 24.3 Å². The molecule has 1 N–H and O–H groups in total. The zero-order valence-electron chi connectivity index (χ0n) is 13.8. The number of anilines is 1. The Labute approximate surface area is 147 Å². The minimum atomic E-state index is -0.694. The predicted octanol–water partition coefficient (Wildman–Crippen LogP) is 4.00. The van der Waals surface area contributed by atoms with Gasteiger partial charge in [0.1, 0.15) is 23.1 Å². The van der Waals surface area contributed by atoms with E-state index >= 15 is 0 Å². The lowest BCUT2D eigenvalue weighted by Crippen LogP contribution is -2.06. The van der Waals surface area contributed by atoms with Crippen molar-refractivity contribution in [2.24, 2.45) is 0 Å². The van der Waals surface area contributed by atoms with E-state index in [1.807, 2.05) is 6.92 Å². The van der Waals surface area contributed by atoms with Crippen LogP contribution in [0, 0.1) is 28.7 Å². The molecular formula is C18H14F2N4O2. The van der Waals surface area contributed by atoms with Gasteiger partial charge in [0.2, 0.25) is 0 Å². The number of nitrogens with zero attached hydrogens (tertiary/aromatic N) is 3. The van der Waals surface area contributed by atoms with Gasteiger partial charge in [-0.1, -0.05) is 6.07 Å². The number of hydrogen-bond donors (Lipinski definition) is 1. The summed E-state index contributed by atoms with van der Waals surface area (Å²) in [6.07, 6.45) is 0.634. The molecule has 0 bridgehead atoms. The first-order chi connectivity index (χ1) is 12.5. The highest BCUT2D eigenvalue weighted by atomic mass is 19.1. The molecular weight excluding hydrogens is 342 g/mol. The lowest BCUT2D eigenvalue weighted by Gasteiger charge is -2.09. The van der Waals surface area contributed by atoms with Crippen LogP contribution in [-0.4, -0.2) is 21.2 Å². The van der Waals surface area contributed by atoms with Crippen molar-refractivity contribution in [2.45, 2.75) is 13.3 Å². The lowest BCUT2D eigenvalue weighted by atomic mass is 10.1. The molecule has 0 unspecified atom stereocenters. The van der Waals surface area contributed by atoms with Crippen LogP contribution in [0.15, 0.2) is 36.4 Å². The molecule has 8 heteroatoms. The molecule has 0 atom stereocenters. The van der Waals surface area contributed by atoms with Crippen molar-refractivity contribution in [3.63, 3.8) is 0 Å². The fourth-order valence-electron chi connectivity index (χ4n) is 3.19. The number of hydrogen-bond acceptors (Lipinski definition) is 4. The molecule has 3 aromatic rings. The first-order valence-electron chi connectivity index (χ1n) is 8.02. The van der Waals surface area contributed by atoms with Gasteiger partial charge in [-0.3, -0.25) is 10.1 Å². The number of halogens is 2. The Kier molecular flexibility index (Phi) is 3.68. The maximum atomic E-state index is 14.3. The Hall–Kier alpha value is -3.29. The summed E-state index contributed by atoms with van der Waals surface area (Å²) in [6, 6.07) is 7.88. The molecule has 132 valence electrons. The Balaban J connectivity index is 1.93. The zero-order chi connectivity index (χ0) is 18.4. The van der Waals surface area contributed by atoms with Gasteiger partial charge in [-0.05, 0) is 31.0 Å². The molecule has 4 rings (SSSR count). The summed E-state index contributed by atoms with van der Waals surface area (Å²) < 4.78 is 29.1. The molecule has 0 fully saturated rings. The first-order valence-corrected chi connectivity index (χ1v) is 8.02. The third kappa shape index (κ3) is 2.50. The summed E-state index contributed by atoms with van der Waals surface area (Å²) in [5.74, 6) is -0.678. The number of aryl methyl sites for hydroxylation is 1. The van der Waals surface area contributed by atoms with Crippen molar-refractivity contribution in [1.29, 1.82) is 0 Å². The SMILES string of the molecule is Cc1ccc([N+](=O)[O-])cc1-n1nc(-c2ccc(F)cc2F)c2c1NCC2. The van der Waals surface area contributed by atoms with Crippen molar-refractivity contribution in [1.82, 2.24) is 9.78 Å². The Bertz CT molecular complexity index is 1050. The van der Waals surface area contributed by atoms with Crippen LogP contribution in [-0.2, 0) is 6.42 Å². The van der Waals surface area contributed by atoms with Gasteiger partial charge in [0.15, 0.2) is 0 Å². The highest BCUT2D eigenvalue weighted by Crippen LogP contribution is 2.36. The predicted molar refractivity (Wildman–Crippen MR) is 92.5 cm³/mol. The van der Waals surface area contributed by atoms with Gasteiger partial charge < -0.3 is 5.32 Å². The third-order valence-corrected chi connectivity index (χ3v) is 4.47. The molecule has 0 spiro atoms. The van der Waals surface area contributed by atoms with Crippen LogP contribution in [0.2, 0.25) is 0 Å². The molecule has 1 aliphatic heterocycles. The van der Waals surface area contributed by atoms with E-state index in [0.29, 0.717) is 30.2 Å². The number of nitro benzene ring substituents is 1. The summed E-state index contributed by atoms with van der Waals surface area (Å²) >= 11 is 0. The molecule has 1 aromatic heterocycles. The number of nitrogens with one attached hydrogen (secondary N) is 1. The molecule has 0 aliphatic carbocycles. The second-order valence-electron chi connectivity index (χ2n) is 6.12. The summed E-state index contributed by atoms with van der Waals surface area (Å²) in [6.45, 7) is 2.47. The van der Waals surface area contributed by atoms with Crippen LogP contribution in [0.25, 0.3) is 16.9 Å². The van der Waals surface area contributed by atoms with Crippen molar-refractivity contribution in [3.05, 3.63) is 69.3 Å². The minimum absolute atomic E-state index is 0.0534. The quantitative estimate of drug-likeness (QED) is 0.569. The normalized spacial score (nSPS) is 12.7. The van der Waals surface area contributed by atoms with Gasteiger partial charge in [-0.15, -0.1) is 0 Å². The summed E-state index contributed by atoms with van der Waals surface area (Å²) in [5, 5.41) is 18.8. The molecule has 0 amide bonds. The number of benzene rings is 2. The first kappa shape index (κ1) is 16.2. The van der Waals surface area contributed by atoms with Crippen molar-refractivity contribution >= 4 is 11.5 Å². The fourth-order valence-corrected chi connectivity index (χ4v) is 3.19. The van der Waals surface area contributed by atoms with E-state index in [-0.39, 0.29) is 11.3 Å². The molecule has 0 saturated carbocycles. The number of non-ortho nitro benzene ring substituents is 1. The molecule has 0 saturated heterocycles. The van der Waals surface area contributed by atoms with Crippen molar-refractivity contribution in [2.75, 3.05) is 11.9 Å². The number of fused-ring (bicyclic) bond motifs is 1. The Morgan fingerprint density at radius 3 is 2.77 bits per heavy atom. The van der Waals surface area contributed by atoms with E-state index in [0.717, 1.165) is 17.2 Å². The third-order valence-electron chi connectivity index (χ3n) is 4.47. The number of nitro groups is 1. The molecule has 2 heterocycles. The second kappa shape index (κ2) is 5.91. The largest absolute Gasteiger partial charge is 0.369 e. The summed E-state index contributed by atoms with van der Waals surface area (Å²) in [4.78, 5) is 10.6. The van der Waals surface area contributed by atoms with Gasteiger partial charge in [-0.25, -0.2) is 13.5 Å². The molecule has 6 nitrogen and oxygen atoms in total. The minimum Gasteiger partial charge on any atom is -0.369 e. The van der Waals surface area contributed by atoms with E-state index in [2.05, 4.69) is 10.4 Å². The van der Waals surface area contributed by atoms with E-state index in [4.69, 9.17) is 0 Å². The Morgan fingerprint density at radius 2 is 2.04 bits per heavy atom. The van der Waals surface area contributed by atoms with Crippen LogP contribution in [0.3, 0.4) is 0 Å². The number of rotatable bonds is 3. The highest BCUT2D eigenvalue weighted by Gasteiger charge is 2.26. The average molecular weight is 356 g/mol. The van der Waals surface area contributed by atoms with E-state index in [1.54, 1.807) is 10.7 Å². The van der Waals surface area contributed by atoms with Gasteiger partial charge in [0.25, 0.3) is 5.69 Å². The average Bonchev–Trinajstić information content (AvgIpc) is 3.18. The van der Waals surface area contributed by atoms with Gasteiger partial charge in [0, 0.05) is 35.9 Å². The van der Waals surface area contributed by atoms with Crippen LogP contribution < -0.4 is 5.32 Å². The molecule has 0 radical (unpaired) electrons. The van der Waals surface area contributed by atoms with Crippen LogP contribution in [0.5, 0.6) is 0 Å². The van der Waals surface area contributed by atoms with Gasteiger partial charge >= 0.3 is 0 Å².